The number of urea groups is 1. The van der Waals surface area contributed by atoms with Crippen molar-refractivity contribution in [3.8, 4) is 0 Å². The quantitative estimate of drug-likeness (QED) is 0.477. The molecule has 0 saturated carbocycles. The average Bonchev–Trinajstić information content (AvgIpc) is 2.81. The fourth-order valence-electron chi connectivity index (χ4n) is 4.50. The zero-order valence-electron chi connectivity index (χ0n) is 21.6. The van der Waals surface area contributed by atoms with Gasteiger partial charge in [-0.1, -0.05) is 51.1 Å². The molecule has 2 heterocycles. The van der Waals surface area contributed by atoms with Crippen LogP contribution < -0.4 is 5.32 Å². The summed E-state index contributed by atoms with van der Waals surface area (Å²) in [5.41, 5.74) is 3.04. The Morgan fingerprint density at radius 1 is 1.14 bits per heavy atom. The van der Waals surface area contributed by atoms with Crippen molar-refractivity contribution >= 4 is 17.9 Å². The Kier molecular flexibility index (Phi) is 8.38. The van der Waals surface area contributed by atoms with Gasteiger partial charge in [0.15, 0.2) is 0 Å². The summed E-state index contributed by atoms with van der Waals surface area (Å²) < 4.78 is 5.47. The number of benzene rings is 1. The molecule has 3 rings (SSSR count). The summed E-state index contributed by atoms with van der Waals surface area (Å²) >= 11 is 0. The lowest BCUT2D eigenvalue weighted by molar-refractivity contribution is -0.139. The van der Waals surface area contributed by atoms with Crippen molar-refractivity contribution < 1.29 is 19.1 Å². The van der Waals surface area contributed by atoms with E-state index < -0.39 is 12.0 Å². The fraction of sp³-hybridized carbons (Fsp3) is 0.519. The number of hydrogen-bond acceptors (Lipinski definition) is 5. The predicted molar refractivity (Wildman–Crippen MR) is 136 cm³/mol. The van der Waals surface area contributed by atoms with Crippen LogP contribution in [0, 0.1) is 0 Å². The maximum Gasteiger partial charge on any atom is 0.338 e. The molecule has 1 saturated heterocycles. The van der Waals surface area contributed by atoms with Gasteiger partial charge in [-0.3, -0.25) is 14.6 Å². The summed E-state index contributed by atoms with van der Waals surface area (Å²) in [6.07, 6.45) is 1.65. The van der Waals surface area contributed by atoms with Gasteiger partial charge in [0.25, 0.3) is 0 Å². The highest BCUT2D eigenvalue weighted by atomic mass is 16.5. The van der Waals surface area contributed by atoms with Gasteiger partial charge in [0.05, 0.1) is 18.2 Å². The number of piperazine rings is 1. The van der Waals surface area contributed by atoms with Gasteiger partial charge < -0.3 is 15.0 Å². The molecule has 2 aliphatic rings. The van der Waals surface area contributed by atoms with Crippen LogP contribution in [0.25, 0.3) is 0 Å². The number of nitrogens with one attached hydrogen (secondary N) is 1. The van der Waals surface area contributed by atoms with E-state index in [1.807, 2.05) is 29.2 Å². The molecule has 0 aliphatic carbocycles. The highest BCUT2D eigenvalue weighted by Gasteiger charge is 2.38. The molecule has 1 atom stereocenters. The molecule has 0 aromatic heterocycles. The van der Waals surface area contributed by atoms with Crippen LogP contribution in [0.15, 0.2) is 48.2 Å². The van der Waals surface area contributed by atoms with Crippen molar-refractivity contribution in [1.82, 2.24) is 20.0 Å². The van der Waals surface area contributed by atoms with Crippen LogP contribution in [0.5, 0.6) is 0 Å². The molecule has 1 aromatic rings. The number of esters is 1. The molecule has 190 valence electrons. The number of nitrogens with zero attached hydrogens (tertiary/aromatic N) is 3. The van der Waals surface area contributed by atoms with E-state index >= 15 is 0 Å². The maximum absolute atomic E-state index is 13.3. The van der Waals surface area contributed by atoms with Gasteiger partial charge in [0, 0.05) is 51.9 Å². The number of hydrogen-bond donors (Lipinski definition) is 1. The minimum absolute atomic E-state index is 0.0118. The van der Waals surface area contributed by atoms with Gasteiger partial charge >= 0.3 is 12.0 Å². The van der Waals surface area contributed by atoms with E-state index in [1.54, 1.807) is 24.8 Å². The first-order valence-corrected chi connectivity index (χ1v) is 12.2. The van der Waals surface area contributed by atoms with E-state index in [0.29, 0.717) is 44.0 Å². The van der Waals surface area contributed by atoms with E-state index in [9.17, 15) is 14.4 Å². The molecule has 3 amide bonds. The lowest BCUT2D eigenvalue weighted by Gasteiger charge is -2.40. The molecule has 8 heteroatoms. The molecule has 0 spiro atoms. The molecule has 35 heavy (non-hydrogen) atoms. The van der Waals surface area contributed by atoms with E-state index in [4.69, 9.17) is 4.74 Å². The number of carbonyl (C=O) groups is 3. The summed E-state index contributed by atoms with van der Waals surface area (Å²) in [6, 6.07) is 7.13. The van der Waals surface area contributed by atoms with Crippen molar-refractivity contribution in [2.75, 3.05) is 45.9 Å². The normalized spacial score (nSPS) is 19.5. The standard InChI is InChI=1S/C27H38N4O4/c1-7-13-31-22(18-29-14-16-30(17-15-29)19(3)32)23(25(33)35-8-2)24(28-26(31)34)20-9-11-21(12-10-20)27(4,5)6/h7,9-12,24H,1,8,13-18H2,2-6H3,(H,28,34)/t24-/m0/s1. The molecule has 0 bridgehead atoms. The minimum atomic E-state index is -0.620. The van der Waals surface area contributed by atoms with E-state index in [0.717, 1.165) is 5.56 Å². The Hall–Kier alpha value is -3.13. The Morgan fingerprint density at radius 2 is 1.77 bits per heavy atom. The Labute approximate surface area is 208 Å². The predicted octanol–water partition coefficient (Wildman–Crippen LogP) is 3.22. The second kappa shape index (κ2) is 11.1. The lowest BCUT2D eigenvalue weighted by atomic mass is 9.85. The zero-order valence-corrected chi connectivity index (χ0v) is 21.6. The van der Waals surface area contributed by atoms with Crippen LogP contribution in [0.1, 0.15) is 51.8 Å². The second-order valence-electron chi connectivity index (χ2n) is 10.0. The maximum atomic E-state index is 13.3. The second-order valence-corrected chi connectivity index (χ2v) is 10.0. The number of amides is 3. The monoisotopic (exact) mass is 482 g/mol. The summed E-state index contributed by atoms with van der Waals surface area (Å²) in [5.74, 6) is -0.385. The molecular weight excluding hydrogens is 444 g/mol. The molecule has 2 aliphatic heterocycles. The number of rotatable bonds is 7. The Balaban J connectivity index is 2.03. The van der Waals surface area contributed by atoms with Crippen molar-refractivity contribution in [3.63, 3.8) is 0 Å². The van der Waals surface area contributed by atoms with Gasteiger partial charge in [0.1, 0.15) is 0 Å². The van der Waals surface area contributed by atoms with Crippen molar-refractivity contribution in [3.05, 3.63) is 59.3 Å². The molecule has 0 radical (unpaired) electrons. The fourth-order valence-corrected chi connectivity index (χ4v) is 4.50. The SMILES string of the molecule is C=CCN1C(=O)N[C@@H](c2ccc(C(C)(C)C)cc2)C(C(=O)OCC)=C1CN1CCN(C(C)=O)CC1. The lowest BCUT2D eigenvalue weighted by Crippen LogP contribution is -2.53. The van der Waals surface area contributed by atoms with E-state index in [2.05, 4.69) is 37.6 Å². The van der Waals surface area contributed by atoms with Crippen molar-refractivity contribution in [2.24, 2.45) is 0 Å². The molecule has 1 aromatic carbocycles. The highest BCUT2D eigenvalue weighted by molar-refractivity contribution is 5.95. The van der Waals surface area contributed by atoms with E-state index in [1.165, 1.54) is 5.56 Å². The largest absolute Gasteiger partial charge is 0.463 e. The summed E-state index contributed by atoms with van der Waals surface area (Å²) in [7, 11) is 0. The Bertz CT molecular complexity index is 985. The van der Waals surface area contributed by atoms with Crippen LogP contribution in [-0.2, 0) is 19.7 Å². The van der Waals surface area contributed by atoms with E-state index in [-0.39, 0.29) is 30.5 Å². The van der Waals surface area contributed by atoms with Gasteiger partial charge in [-0.15, -0.1) is 6.58 Å². The smallest absolute Gasteiger partial charge is 0.338 e. The molecular formula is C27H38N4O4. The zero-order chi connectivity index (χ0) is 25.8. The van der Waals surface area contributed by atoms with Gasteiger partial charge in [-0.25, -0.2) is 9.59 Å². The molecule has 1 fully saturated rings. The third-order valence-corrected chi connectivity index (χ3v) is 6.55. The van der Waals surface area contributed by atoms with Crippen molar-refractivity contribution in [1.29, 1.82) is 0 Å². The molecule has 8 nitrogen and oxygen atoms in total. The van der Waals surface area contributed by atoms with Crippen LogP contribution in [0.3, 0.4) is 0 Å². The molecule has 1 N–H and O–H groups in total. The first-order chi connectivity index (χ1) is 16.6. The van der Waals surface area contributed by atoms with Crippen LogP contribution in [-0.4, -0.2) is 78.5 Å². The number of carbonyl (C=O) groups excluding carboxylic acids is 3. The van der Waals surface area contributed by atoms with Crippen LogP contribution in [0.2, 0.25) is 0 Å². The first kappa shape index (κ1) is 26.5. The topological polar surface area (TPSA) is 82.2 Å². The highest BCUT2D eigenvalue weighted by Crippen LogP contribution is 2.33. The van der Waals surface area contributed by atoms with Gasteiger partial charge in [0.2, 0.25) is 5.91 Å². The third kappa shape index (κ3) is 6.11. The average molecular weight is 483 g/mol. The molecule has 0 unspecified atom stereocenters. The number of ether oxygens (including phenoxy) is 1. The summed E-state index contributed by atoms with van der Waals surface area (Å²) in [4.78, 5) is 43.8. The Morgan fingerprint density at radius 3 is 2.29 bits per heavy atom. The summed E-state index contributed by atoms with van der Waals surface area (Å²) in [5, 5.41) is 3.01. The first-order valence-electron chi connectivity index (χ1n) is 12.2. The van der Waals surface area contributed by atoms with Crippen LogP contribution >= 0.6 is 0 Å². The van der Waals surface area contributed by atoms with Crippen LogP contribution in [0.4, 0.5) is 4.79 Å². The third-order valence-electron chi connectivity index (χ3n) is 6.55. The summed E-state index contributed by atoms with van der Waals surface area (Å²) in [6.45, 7) is 17.0. The van der Waals surface area contributed by atoms with Crippen molar-refractivity contribution in [2.45, 2.75) is 46.1 Å². The minimum Gasteiger partial charge on any atom is -0.463 e. The van der Waals surface area contributed by atoms with Gasteiger partial charge in [-0.05, 0) is 23.5 Å². The van der Waals surface area contributed by atoms with Gasteiger partial charge in [-0.2, -0.15) is 0 Å².